The van der Waals surface area contributed by atoms with Gasteiger partial charge in [0.25, 0.3) is 5.56 Å². The van der Waals surface area contributed by atoms with E-state index in [9.17, 15) is 14.7 Å². The van der Waals surface area contributed by atoms with Crippen LogP contribution < -0.4 is 11.2 Å². The molecule has 0 amide bonds. The summed E-state index contributed by atoms with van der Waals surface area (Å²) in [5.74, 6) is 5.68. The molecular formula is C16H22N2O5. The number of nitrogens with zero attached hydrogens (tertiary/aromatic N) is 1. The second-order valence-corrected chi connectivity index (χ2v) is 5.60. The Morgan fingerprint density at radius 2 is 2.22 bits per heavy atom. The number of aromatic amines is 1. The smallest absolute Gasteiger partial charge is 0.330 e. The number of ether oxygens (including phenoxy) is 1. The summed E-state index contributed by atoms with van der Waals surface area (Å²) in [7, 11) is 0. The fourth-order valence-corrected chi connectivity index (χ4v) is 2.48. The number of nitrogens with one attached hydrogen (secondary N) is 1. The molecule has 3 N–H and O–H groups in total. The maximum Gasteiger partial charge on any atom is 0.330 e. The third kappa shape index (κ3) is 4.32. The van der Waals surface area contributed by atoms with Crippen LogP contribution in [-0.2, 0) is 4.74 Å². The number of hydrogen-bond donors (Lipinski definition) is 3. The summed E-state index contributed by atoms with van der Waals surface area (Å²) in [5.41, 5.74) is -1.07. The average Bonchev–Trinajstić information content (AvgIpc) is 2.90. The molecular weight excluding hydrogens is 300 g/mol. The molecule has 0 aromatic carbocycles. The Morgan fingerprint density at radius 3 is 2.87 bits per heavy atom. The monoisotopic (exact) mass is 322 g/mol. The van der Waals surface area contributed by atoms with Gasteiger partial charge in [0.15, 0.2) is 6.23 Å². The minimum absolute atomic E-state index is 0.157. The van der Waals surface area contributed by atoms with Crippen molar-refractivity contribution >= 4 is 0 Å². The third-order valence-electron chi connectivity index (χ3n) is 3.74. The Hall–Kier alpha value is -1.88. The van der Waals surface area contributed by atoms with Crippen molar-refractivity contribution in [1.29, 1.82) is 0 Å². The van der Waals surface area contributed by atoms with Gasteiger partial charge in [-0.25, -0.2) is 4.79 Å². The van der Waals surface area contributed by atoms with E-state index in [0.717, 1.165) is 23.8 Å². The van der Waals surface area contributed by atoms with Crippen molar-refractivity contribution < 1.29 is 14.9 Å². The summed E-state index contributed by atoms with van der Waals surface area (Å²) in [6.45, 7) is 1.86. The topological polar surface area (TPSA) is 105 Å². The van der Waals surface area contributed by atoms with Gasteiger partial charge in [-0.1, -0.05) is 31.6 Å². The zero-order valence-corrected chi connectivity index (χ0v) is 13.1. The highest BCUT2D eigenvalue weighted by molar-refractivity contribution is 5.29. The molecule has 0 saturated carbocycles. The van der Waals surface area contributed by atoms with Gasteiger partial charge in [0, 0.05) is 19.0 Å². The standard InChI is InChI=1S/C16H22N2O5/c1-2-3-4-5-6-7-11-9-18(16(22)17-14(11)21)15-13(20)8-12(10-19)23-15/h9,12-13,15,19-20H,2-5,8,10H2,1H3,(H,17,21,22). The Kier molecular flexibility index (Phi) is 6.16. The van der Waals surface area contributed by atoms with Gasteiger partial charge in [0.05, 0.1) is 12.7 Å². The summed E-state index contributed by atoms with van der Waals surface area (Å²) in [6, 6.07) is 0. The van der Waals surface area contributed by atoms with Crippen LogP contribution in [0.15, 0.2) is 15.8 Å². The van der Waals surface area contributed by atoms with Gasteiger partial charge >= 0.3 is 5.69 Å². The molecule has 3 unspecified atom stereocenters. The van der Waals surface area contributed by atoms with Crippen molar-refractivity contribution in [1.82, 2.24) is 9.55 Å². The van der Waals surface area contributed by atoms with E-state index in [2.05, 4.69) is 23.7 Å². The number of aliphatic hydroxyl groups excluding tert-OH is 2. The minimum atomic E-state index is -0.933. The van der Waals surface area contributed by atoms with Crippen molar-refractivity contribution in [2.75, 3.05) is 6.61 Å². The van der Waals surface area contributed by atoms with Crippen LogP contribution >= 0.6 is 0 Å². The maximum absolute atomic E-state index is 11.9. The molecule has 0 bridgehead atoms. The quantitative estimate of drug-likeness (QED) is 0.527. The van der Waals surface area contributed by atoms with Crippen LogP contribution in [0.4, 0.5) is 0 Å². The van der Waals surface area contributed by atoms with Crippen molar-refractivity contribution in [3.8, 4) is 11.8 Å². The van der Waals surface area contributed by atoms with Crippen molar-refractivity contribution in [3.05, 3.63) is 32.6 Å². The van der Waals surface area contributed by atoms with Crippen molar-refractivity contribution in [2.24, 2.45) is 0 Å². The fourth-order valence-electron chi connectivity index (χ4n) is 2.48. The SMILES string of the molecule is CCCCCC#Cc1cn(C2OC(CO)CC2O)c(=O)[nH]c1=O. The molecule has 1 aliphatic heterocycles. The summed E-state index contributed by atoms with van der Waals surface area (Å²) >= 11 is 0. The molecule has 1 saturated heterocycles. The number of rotatable bonds is 5. The van der Waals surface area contributed by atoms with Gasteiger partial charge in [-0.05, 0) is 6.42 Å². The zero-order valence-electron chi connectivity index (χ0n) is 13.1. The van der Waals surface area contributed by atoms with Crippen LogP contribution in [0.5, 0.6) is 0 Å². The van der Waals surface area contributed by atoms with Gasteiger partial charge in [-0.15, -0.1) is 0 Å². The second kappa shape index (κ2) is 8.11. The zero-order chi connectivity index (χ0) is 16.8. The molecule has 1 aromatic heterocycles. The highest BCUT2D eigenvalue weighted by Crippen LogP contribution is 2.27. The molecule has 0 aliphatic carbocycles. The number of hydrogen-bond acceptors (Lipinski definition) is 5. The number of aliphatic hydroxyl groups is 2. The van der Waals surface area contributed by atoms with Gasteiger partial charge in [-0.3, -0.25) is 14.3 Å². The lowest BCUT2D eigenvalue weighted by atomic mass is 10.2. The van der Waals surface area contributed by atoms with Gasteiger partial charge in [0.1, 0.15) is 11.7 Å². The van der Waals surface area contributed by atoms with E-state index >= 15 is 0 Å². The van der Waals surface area contributed by atoms with Crippen molar-refractivity contribution in [3.63, 3.8) is 0 Å². The molecule has 23 heavy (non-hydrogen) atoms. The van der Waals surface area contributed by atoms with Crippen LogP contribution in [0.25, 0.3) is 0 Å². The largest absolute Gasteiger partial charge is 0.394 e. The van der Waals surface area contributed by atoms with E-state index in [4.69, 9.17) is 9.84 Å². The van der Waals surface area contributed by atoms with E-state index in [0.29, 0.717) is 6.42 Å². The fraction of sp³-hybridized carbons (Fsp3) is 0.625. The van der Waals surface area contributed by atoms with Gasteiger partial charge < -0.3 is 14.9 Å². The molecule has 1 fully saturated rings. The van der Waals surface area contributed by atoms with Crippen LogP contribution in [0.3, 0.4) is 0 Å². The van der Waals surface area contributed by atoms with E-state index in [1.165, 1.54) is 6.20 Å². The van der Waals surface area contributed by atoms with Crippen LogP contribution in [0.1, 0.15) is 50.8 Å². The first-order valence-corrected chi connectivity index (χ1v) is 7.85. The minimum Gasteiger partial charge on any atom is -0.394 e. The highest BCUT2D eigenvalue weighted by Gasteiger charge is 2.35. The Bertz CT molecular complexity index is 697. The molecule has 2 rings (SSSR count). The van der Waals surface area contributed by atoms with E-state index in [-0.39, 0.29) is 18.6 Å². The predicted octanol–water partition coefficient (Wildman–Crippen LogP) is 0.109. The molecule has 3 atom stereocenters. The lowest BCUT2D eigenvalue weighted by Crippen LogP contribution is -2.36. The first-order valence-electron chi connectivity index (χ1n) is 7.85. The maximum atomic E-state index is 11.9. The summed E-state index contributed by atoms with van der Waals surface area (Å²) in [5, 5.41) is 19.1. The molecule has 7 nitrogen and oxygen atoms in total. The second-order valence-electron chi connectivity index (χ2n) is 5.60. The van der Waals surface area contributed by atoms with Gasteiger partial charge in [0.2, 0.25) is 0 Å². The lowest BCUT2D eigenvalue weighted by Gasteiger charge is -2.17. The molecule has 7 heteroatoms. The highest BCUT2D eigenvalue weighted by atomic mass is 16.5. The van der Waals surface area contributed by atoms with Gasteiger partial charge in [-0.2, -0.15) is 0 Å². The molecule has 1 aliphatic rings. The molecule has 126 valence electrons. The van der Waals surface area contributed by atoms with E-state index in [1.54, 1.807) is 0 Å². The van der Waals surface area contributed by atoms with Crippen LogP contribution in [0, 0.1) is 11.8 Å². The predicted molar refractivity (Wildman–Crippen MR) is 84.0 cm³/mol. The van der Waals surface area contributed by atoms with E-state index in [1.807, 2.05) is 0 Å². The Balaban J connectivity index is 2.23. The normalized spacial score (nSPS) is 23.5. The number of aromatic nitrogens is 2. The lowest BCUT2D eigenvalue weighted by molar-refractivity contribution is -0.0531. The van der Waals surface area contributed by atoms with E-state index < -0.39 is 29.7 Å². The molecule has 0 radical (unpaired) electrons. The molecule has 2 heterocycles. The summed E-state index contributed by atoms with van der Waals surface area (Å²) < 4.78 is 6.56. The summed E-state index contributed by atoms with van der Waals surface area (Å²) in [6.07, 6.45) is 2.96. The van der Waals surface area contributed by atoms with Crippen molar-refractivity contribution in [2.45, 2.75) is 57.5 Å². The first kappa shape index (κ1) is 17.5. The Morgan fingerprint density at radius 1 is 1.43 bits per heavy atom. The Labute approximate surface area is 133 Å². The summed E-state index contributed by atoms with van der Waals surface area (Å²) in [4.78, 5) is 25.9. The number of unbranched alkanes of at least 4 members (excludes halogenated alkanes) is 3. The number of H-pyrrole nitrogens is 1. The van der Waals surface area contributed by atoms with Crippen LogP contribution in [-0.4, -0.2) is 38.6 Å². The average molecular weight is 322 g/mol. The molecule has 0 spiro atoms. The van der Waals surface area contributed by atoms with Crippen LogP contribution in [0.2, 0.25) is 0 Å². The first-order chi connectivity index (χ1) is 11.1. The third-order valence-corrected chi connectivity index (χ3v) is 3.74. The molecule has 1 aromatic rings.